The molecule has 3 aromatic carbocycles. The van der Waals surface area contributed by atoms with E-state index in [4.69, 9.17) is 23.2 Å². The van der Waals surface area contributed by atoms with Crippen LogP contribution in [0.5, 0.6) is 0 Å². The summed E-state index contributed by atoms with van der Waals surface area (Å²) < 4.78 is 40.5. The van der Waals surface area contributed by atoms with Gasteiger partial charge in [-0.2, -0.15) is 0 Å². The maximum absolute atomic E-state index is 14.5. The Balaban J connectivity index is 1.92. The third-order valence-electron chi connectivity index (χ3n) is 6.58. The fourth-order valence-electron chi connectivity index (χ4n) is 4.45. The smallest absolute Gasteiger partial charge is 0.243 e. The molecule has 0 saturated heterocycles. The molecule has 0 spiro atoms. The number of sulfonamides is 1. The standard InChI is InChI=1S/C31H36Cl2FN3O4S/c1-22(2)20-35-31(39)29(18-23-10-5-4-6-11-23)36(21-24-15-16-25(32)19-26(24)33)30(38)14-9-17-37(42(3,40)41)28-13-8-7-12-27(28)34/h4-8,10-13,15-16,19,22,29H,9,14,17-18,20-21H2,1-3H3,(H,35,39)/t29-/m1/s1. The summed E-state index contributed by atoms with van der Waals surface area (Å²) in [6.07, 6.45) is 1.25. The maximum atomic E-state index is 14.5. The molecule has 0 saturated carbocycles. The van der Waals surface area contributed by atoms with Crippen molar-refractivity contribution in [1.82, 2.24) is 10.2 Å². The van der Waals surface area contributed by atoms with Crippen LogP contribution in [0.15, 0.2) is 72.8 Å². The summed E-state index contributed by atoms with van der Waals surface area (Å²) in [6.45, 7) is 4.30. The molecule has 11 heteroatoms. The molecule has 1 atom stereocenters. The summed E-state index contributed by atoms with van der Waals surface area (Å²) in [4.78, 5) is 28.9. The largest absolute Gasteiger partial charge is 0.354 e. The number of carbonyl (C=O) groups excluding carboxylic acids is 2. The summed E-state index contributed by atoms with van der Waals surface area (Å²) in [5.41, 5.74) is 1.38. The van der Waals surface area contributed by atoms with Gasteiger partial charge in [-0.1, -0.05) is 85.6 Å². The average molecular weight is 637 g/mol. The minimum Gasteiger partial charge on any atom is -0.354 e. The van der Waals surface area contributed by atoms with E-state index < -0.39 is 21.9 Å². The summed E-state index contributed by atoms with van der Waals surface area (Å²) >= 11 is 12.6. The van der Waals surface area contributed by atoms with Gasteiger partial charge in [-0.05, 0) is 47.7 Å². The zero-order valence-electron chi connectivity index (χ0n) is 23.9. The van der Waals surface area contributed by atoms with Crippen LogP contribution in [-0.4, -0.2) is 50.5 Å². The first-order chi connectivity index (χ1) is 19.9. The lowest BCUT2D eigenvalue weighted by Gasteiger charge is -2.32. The molecule has 0 radical (unpaired) electrons. The molecule has 0 unspecified atom stereocenters. The molecular weight excluding hydrogens is 600 g/mol. The Hall–Kier alpha value is -3.14. The molecule has 0 bridgehead atoms. The second kappa shape index (κ2) is 15.4. The van der Waals surface area contributed by atoms with Crippen LogP contribution >= 0.6 is 23.2 Å². The monoisotopic (exact) mass is 635 g/mol. The third kappa shape index (κ3) is 9.71. The highest BCUT2D eigenvalue weighted by molar-refractivity contribution is 7.92. The number of anilines is 1. The summed E-state index contributed by atoms with van der Waals surface area (Å²) in [7, 11) is -3.83. The van der Waals surface area contributed by atoms with Crippen molar-refractivity contribution < 1.29 is 22.4 Å². The summed E-state index contributed by atoms with van der Waals surface area (Å²) in [5, 5.41) is 3.74. The predicted octanol–water partition coefficient (Wildman–Crippen LogP) is 6.09. The lowest BCUT2D eigenvalue weighted by molar-refractivity contribution is -0.141. The van der Waals surface area contributed by atoms with Gasteiger partial charge < -0.3 is 10.2 Å². The molecular formula is C31H36Cl2FN3O4S. The first-order valence-electron chi connectivity index (χ1n) is 13.6. The lowest BCUT2D eigenvalue weighted by Crippen LogP contribution is -2.51. The Morgan fingerprint density at radius 3 is 2.26 bits per heavy atom. The molecule has 0 heterocycles. The SMILES string of the molecule is CC(C)CNC(=O)[C@@H](Cc1ccccc1)N(Cc1ccc(Cl)cc1Cl)C(=O)CCCN(c1ccccc1F)S(C)(=O)=O. The van der Waals surface area contributed by atoms with E-state index in [-0.39, 0.29) is 55.8 Å². The molecule has 42 heavy (non-hydrogen) atoms. The van der Waals surface area contributed by atoms with Gasteiger partial charge in [0.2, 0.25) is 21.8 Å². The Morgan fingerprint density at radius 2 is 1.64 bits per heavy atom. The molecule has 3 rings (SSSR count). The van der Waals surface area contributed by atoms with E-state index in [0.717, 1.165) is 16.1 Å². The molecule has 1 N–H and O–H groups in total. The molecule has 7 nitrogen and oxygen atoms in total. The van der Waals surface area contributed by atoms with Crippen molar-refractivity contribution in [2.75, 3.05) is 23.7 Å². The van der Waals surface area contributed by atoms with Gasteiger partial charge in [0.1, 0.15) is 11.9 Å². The van der Waals surface area contributed by atoms with Crippen LogP contribution in [0.25, 0.3) is 0 Å². The number of carbonyl (C=O) groups is 2. The van der Waals surface area contributed by atoms with Crippen molar-refractivity contribution in [3.63, 3.8) is 0 Å². The molecule has 0 aliphatic heterocycles. The van der Waals surface area contributed by atoms with E-state index in [2.05, 4.69) is 5.32 Å². The van der Waals surface area contributed by atoms with Crippen LogP contribution < -0.4 is 9.62 Å². The van der Waals surface area contributed by atoms with Crippen LogP contribution in [0.1, 0.15) is 37.8 Å². The summed E-state index contributed by atoms with van der Waals surface area (Å²) in [5.74, 6) is -1.17. The van der Waals surface area contributed by atoms with Gasteiger partial charge in [0.05, 0.1) is 11.9 Å². The molecule has 3 aromatic rings. The van der Waals surface area contributed by atoms with Gasteiger partial charge in [0.15, 0.2) is 0 Å². The molecule has 0 aromatic heterocycles. The normalized spacial score (nSPS) is 12.2. The summed E-state index contributed by atoms with van der Waals surface area (Å²) in [6, 6.07) is 19.0. The highest BCUT2D eigenvalue weighted by Crippen LogP contribution is 2.26. The lowest BCUT2D eigenvalue weighted by atomic mass is 10.0. The Labute approximate surface area is 257 Å². The molecule has 226 valence electrons. The fraction of sp³-hybridized carbons (Fsp3) is 0.355. The zero-order chi connectivity index (χ0) is 30.9. The highest BCUT2D eigenvalue weighted by Gasteiger charge is 2.31. The van der Waals surface area contributed by atoms with Crippen LogP contribution in [0.2, 0.25) is 10.0 Å². The van der Waals surface area contributed by atoms with Crippen molar-refractivity contribution >= 4 is 50.7 Å². The van der Waals surface area contributed by atoms with Crippen molar-refractivity contribution in [1.29, 1.82) is 0 Å². The van der Waals surface area contributed by atoms with Gasteiger partial charge in [-0.15, -0.1) is 0 Å². The van der Waals surface area contributed by atoms with E-state index in [9.17, 15) is 22.4 Å². The van der Waals surface area contributed by atoms with E-state index in [1.165, 1.54) is 23.1 Å². The van der Waals surface area contributed by atoms with Gasteiger partial charge in [0.25, 0.3) is 0 Å². The van der Waals surface area contributed by atoms with Crippen molar-refractivity contribution in [2.24, 2.45) is 5.92 Å². The van der Waals surface area contributed by atoms with Gasteiger partial charge >= 0.3 is 0 Å². The number of hydrogen-bond donors (Lipinski definition) is 1. The van der Waals surface area contributed by atoms with Crippen LogP contribution in [0.4, 0.5) is 10.1 Å². The highest BCUT2D eigenvalue weighted by atomic mass is 35.5. The third-order valence-corrected chi connectivity index (χ3v) is 8.35. The minimum absolute atomic E-state index is 0.0323. The zero-order valence-corrected chi connectivity index (χ0v) is 26.2. The molecule has 0 aliphatic carbocycles. The van der Waals surface area contributed by atoms with Crippen molar-refractivity contribution in [2.45, 2.75) is 45.7 Å². The van der Waals surface area contributed by atoms with E-state index in [1.54, 1.807) is 24.3 Å². The quantitative estimate of drug-likeness (QED) is 0.232. The van der Waals surface area contributed by atoms with Crippen LogP contribution in [-0.2, 0) is 32.6 Å². The Kier molecular flexibility index (Phi) is 12.2. The van der Waals surface area contributed by atoms with Crippen LogP contribution in [0.3, 0.4) is 0 Å². The Morgan fingerprint density at radius 1 is 0.976 bits per heavy atom. The number of nitrogens with zero attached hydrogens (tertiary/aromatic N) is 2. The first kappa shape index (κ1) is 33.4. The first-order valence-corrected chi connectivity index (χ1v) is 16.2. The Bertz CT molecular complexity index is 1470. The van der Waals surface area contributed by atoms with Gasteiger partial charge in [0, 0.05) is 42.5 Å². The second-order valence-electron chi connectivity index (χ2n) is 10.5. The van der Waals surface area contributed by atoms with Crippen molar-refractivity contribution in [3.05, 3.63) is 99.8 Å². The maximum Gasteiger partial charge on any atom is 0.243 e. The predicted molar refractivity (Wildman–Crippen MR) is 167 cm³/mol. The average Bonchev–Trinajstić information content (AvgIpc) is 2.93. The fourth-order valence-corrected chi connectivity index (χ4v) is 5.88. The number of para-hydroxylation sites is 1. The van der Waals surface area contributed by atoms with Crippen molar-refractivity contribution in [3.8, 4) is 0 Å². The number of benzene rings is 3. The number of hydrogen-bond acceptors (Lipinski definition) is 4. The minimum atomic E-state index is -3.83. The number of nitrogens with one attached hydrogen (secondary N) is 1. The molecule has 0 aliphatic rings. The number of amides is 2. The topological polar surface area (TPSA) is 86.8 Å². The van der Waals surface area contributed by atoms with Crippen LogP contribution in [0, 0.1) is 11.7 Å². The molecule has 2 amide bonds. The van der Waals surface area contributed by atoms with Gasteiger partial charge in [-0.3, -0.25) is 13.9 Å². The molecule has 0 fully saturated rings. The number of rotatable bonds is 14. The second-order valence-corrected chi connectivity index (χ2v) is 13.2. The van der Waals surface area contributed by atoms with E-state index >= 15 is 0 Å². The van der Waals surface area contributed by atoms with E-state index in [1.807, 2.05) is 44.2 Å². The number of halogens is 3. The van der Waals surface area contributed by atoms with Gasteiger partial charge in [-0.25, -0.2) is 12.8 Å². The van der Waals surface area contributed by atoms with E-state index in [0.29, 0.717) is 22.2 Å².